The minimum atomic E-state index is -5.12. The Morgan fingerprint density at radius 2 is 1.45 bits per heavy atom. The molecule has 0 saturated carbocycles. The number of halogens is 7. The lowest BCUT2D eigenvalue weighted by Gasteiger charge is -2.30. The van der Waals surface area contributed by atoms with E-state index in [0.29, 0.717) is 17.7 Å². The third kappa shape index (κ3) is 7.56. The highest BCUT2D eigenvalue weighted by molar-refractivity contribution is 7.09. The summed E-state index contributed by atoms with van der Waals surface area (Å²) in [6.07, 6.45) is -10.2. The number of nitrogens with zero attached hydrogens (tertiary/aromatic N) is 2. The first kappa shape index (κ1) is 29.2. The fourth-order valence-corrected chi connectivity index (χ4v) is 4.33. The maximum absolute atomic E-state index is 13.3. The Bertz CT molecular complexity index is 1220. The Labute approximate surface area is 218 Å². The Morgan fingerprint density at radius 3 is 1.92 bits per heavy atom. The molecule has 2 amide bonds. The average molecular weight is 561 g/mol. The molecule has 0 N–H and O–H groups in total. The molecule has 12 heteroatoms. The normalized spacial score (nSPS) is 12.1. The molecule has 2 aromatic carbocycles. The molecule has 0 spiro atoms. The van der Waals surface area contributed by atoms with E-state index in [9.17, 15) is 40.3 Å². The van der Waals surface area contributed by atoms with Gasteiger partial charge in [-0.25, -0.2) is 4.39 Å². The van der Waals surface area contributed by atoms with Gasteiger partial charge in [0, 0.05) is 23.0 Å². The number of amides is 2. The number of benzene rings is 2. The van der Waals surface area contributed by atoms with Gasteiger partial charge in [-0.15, -0.1) is 11.3 Å². The second-order valence-electron chi connectivity index (χ2n) is 8.78. The van der Waals surface area contributed by atoms with Crippen LogP contribution < -0.4 is 0 Å². The largest absolute Gasteiger partial charge is 0.416 e. The van der Waals surface area contributed by atoms with Crippen molar-refractivity contribution in [2.45, 2.75) is 45.3 Å². The van der Waals surface area contributed by atoms with Crippen molar-refractivity contribution in [1.82, 2.24) is 9.80 Å². The van der Waals surface area contributed by atoms with Crippen LogP contribution in [0.3, 0.4) is 0 Å². The quantitative estimate of drug-likeness (QED) is 0.278. The summed E-state index contributed by atoms with van der Waals surface area (Å²) in [6, 6.07) is 8.86. The van der Waals surface area contributed by atoms with Crippen molar-refractivity contribution in [1.29, 1.82) is 0 Å². The molecule has 0 saturated heterocycles. The molecule has 0 atom stereocenters. The molecule has 3 rings (SSSR count). The van der Waals surface area contributed by atoms with Gasteiger partial charge in [-0.3, -0.25) is 9.59 Å². The summed E-state index contributed by atoms with van der Waals surface area (Å²) in [5.41, 5.74) is -3.49. The summed E-state index contributed by atoms with van der Waals surface area (Å²) in [4.78, 5) is 29.6. The molecule has 0 fully saturated rings. The van der Waals surface area contributed by atoms with Gasteiger partial charge in [-0.1, -0.05) is 18.2 Å². The fourth-order valence-electron chi connectivity index (χ4n) is 3.61. The van der Waals surface area contributed by atoms with E-state index in [4.69, 9.17) is 0 Å². The summed E-state index contributed by atoms with van der Waals surface area (Å²) in [5, 5.41) is 1.80. The number of rotatable bonds is 8. The summed E-state index contributed by atoms with van der Waals surface area (Å²) in [5.74, 6) is -2.21. The summed E-state index contributed by atoms with van der Waals surface area (Å²) in [7, 11) is 0. The molecule has 0 aliphatic heterocycles. The molecule has 38 heavy (non-hydrogen) atoms. The van der Waals surface area contributed by atoms with Crippen LogP contribution in [0.25, 0.3) is 0 Å². The van der Waals surface area contributed by atoms with Crippen molar-refractivity contribution >= 4 is 23.2 Å². The number of thiophene rings is 1. The van der Waals surface area contributed by atoms with E-state index < -0.39 is 59.3 Å². The molecular formula is C26H23F7N2O2S. The summed E-state index contributed by atoms with van der Waals surface area (Å²) < 4.78 is 93.2. The van der Waals surface area contributed by atoms with Gasteiger partial charge in [0.25, 0.3) is 5.91 Å². The van der Waals surface area contributed by atoms with Crippen LogP contribution in [0.2, 0.25) is 0 Å². The highest BCUT2D eigenvalue weighted by atomic mass is 32.1. The van der Waals surface area contributed by atoms with Gasteiger partial charge in [0.1, 0.15) is 12.4 Å². The van der Waals surface area contributed by atoms with Crippen molar-refractivity contribution in [3.05, 3.63) is 92.9 Å². The Kier molecular flexibility index (Phi) is 8.86. The first-order chi connectivity index (χ1) is 17.6. The summed E-state index contributed by atoms with van der Waals surface area (Å²) in [6.45, 7) is 2.56. The van der Waals surface area contributed by atoms with Crippen LogP contribution >= 0.6 is 11.3 Å². The van der Waals surface area contributed by atoms with Crippen molar-refractivity contribution in [2.75, 3.05) is 6.54 Å². The molecule has 1 heterocycles. The van der Waals surface area contributed by atoms with E-state index in [2.05, 4.69) is 0 Å². The zero-order chi connectivity index (χ0) is 28.3. The highest BCUT2D eigenvalue weighted by Gasteiger charge is 2.38. The Balaban J connectivity index is 1.92. The SMILES string of the molecule is CC(C)N(CC(=O)N(Cc1ccc(F)cc1)Cc1cccs1)C(=O)c1cc(C(F)(F)F)cc(C(F)(F)F)c1. The van der Waals surface area contributed by atoms with Gasteiger partial charge in [-0.2, -0.15) is 26.3 Å². The van der Waals surface area contributed by atoms with Gasteiger partial charge in [0.2, 0.25) is 5.91 Å². The molecule has 0 aliphatic carbocycles. The van der Waals surface area contributed by atoms with Crippen molar-refractivity contribution in [3.8, 4) is 0 Å². The van der Waals surface area contributed by atoms with Gasteiger partial charge in [0.15, 0.2) is 0 Å². The number of alkyl halides is 6. The first-order valence-electron chi connectivity index (χ1n) is 11.3. The molecule has 0 bridgehead atoms. The molecular weight excluding hydrogens is 537 g/mol. The van der Waals surface area contributed by atoms with E-state index in [1.165, 1.54) is 54.3 Å². The second-order valence-corrected chi connectivity index (χ2v) is 9.81. The minimum Gasteiger partial charge on any atom is -0.332 e. The second kappa shape index (κ2) is 11.5. The van der Waals surface area contributed by atoms with Crippen molar-refractivity contribution in [2.24, 2.45) is 0 Å². The van der Waals surface area contributed by atoms with Crippen LogP contribution in [-0.4, -0.2) is 34.2 Å². The van der Waals surface area contributed by atoms with E-state index in [0.717, 1.165) is 9.78 Å². The monoisotopic (exact) mass is 560 g/mol. The third-order valence-corrected chi connectivity index (χ3v) is 6.45. The zero-order valence-electron chi connectivity index (χ0n) is 20.2. The number of hydrogen-bond acceptors (Lipinski definition) is 3. The van der Waals surface area contributed by atoms with E-state index in [1.54, 1.807) is 17.5 Å². The van der Waals surface area contributed by atoms with Crippen molar-refractivity contribution < 1.29 is 40.3 Å². The first-order valence-corrected chi connectivity index (χ1v) is 12.2. The Morgan fingerprint density at radius 1 is 0.868 bits per heavy atom. The number of carbonyl (C=O) groups excluding carboxylic acids is 2. The topological polar surface area (TPSA) is 40.6 Å². The molecule has 0 radical (unpaired) electrons. The van der Waals surface area contributed by atoms with Gasteiger partial charge >= 0.3 is 12.4 Å². The summed E-state index contributed by atoms with van der Waals surface area (Å²) >= 11 is 1.37. The molecule has 1 aromatic heterocycles. The lowest BCUT2D eigenvalue weighted by atomic mass is 10.0. The predicted molar refractivity (Wildman–Crippen MR) is 128 cm³/mol. The third-order valence-electron chi connectivity index (χ3n) is 5.59. The van der Waals surface area contributed by atoms with E-state index in [-0.39, 0.29) is 19.2 Å². The standard InChI is InChI=1S/C26H23F7N2O2S/c1-16(2)35(24(37)18-10-19(25(28,29)30)12-20(11-18)26(31,32)33)15-23(36)34(14-22-4-3-9-38-22)13-17-5-7-21(27)8-6-17/h3-12,16H,13-15H2,1-2H3. The van der Waals surface area contributed by atoms with Gasteiger partial charge in [0.05, 0.1) is 17.7 Å². The van der Waals surface area contributed by atoms with Crippen LogP contribution in [-0.2, 0) is 30.2 Å². The van der Waals surface area contributed by atoms with E-state index in [1.807, 2.05) is 0 Å². The van der Waals surface area contributed by atoms with Crippen LogP contribution in [0.15, 0.2) is 60.0 Å². The Hall–Kier alpha value is -3.41. The number of hydrogen-bond donors (Lipinski definition) is 0. The molecule has 0 aliphatic rings. The van der Waals surface area contributed by atoms with Crippen LogP contribution in [0.5, 0.6) is 0 Å². The predicted octanol–water partition coefficient (Wildman–Crippen LogP) is 7.00. The van der Waals surface area contributed by atoms with Crippen LogP contribution in [0, 0.1) is 5.82 Å². The van der Waals surface area contributed by atoms with Crippen molar-refractivity contribution in [3.63, 3.8) is 0 Å². The minimum absolute atomic E-state index is 0.0406. The molecule has 0 unspecified atom stereocenters. The van der Waals surface area contributed by atoms with E-state index >= 15 is 0 Å². The fraction of sp³-hybridized carbons (Fsp3) is 0.308. The smallest absolute Gasteiger partial charge is 0.332 e. The maximum Gasteiger partial charge on any atom is 0.416 e. The average Bonchev–Trinajstić information content (AvgIpc) is 3.34. The zero-order valence-corrected chi connectivity index (χ0v) is 21.1. The molecule has 4 nitrogen and oxygen atoms in total. The van der Waals surface area contributed by atoms with Gasteiger partial charge in [-0.05, 0) is 61.2 Å². The lowest BCUT2D eigenvalue weighted by molar-refractivity contribution is -0.143. The van der Waals surface area contributed by atoms with Crippen LogP contribution in [0.1, 0.15) is 45.8 Å². The maximum atomic E-state index is 13.3. The molecule has 3 aromatic rings. The molecule has 204 valence electrons. The highest BCUT2D eigenvalue weighted by Crippen LogP contribution is 2.36. The van der Waals surface area contributed by atoms with Gasteiger partial charge < -0.3 is 9.80 Å². The van der Waals surface area contributed by atoms with Crippen LogP contribution in [0.4, 0.5) is 30.7 Å². The number of carbonyl (C=O) groups is 2. The lowest BCUT2D eigenvalue weighted by Crippen LogP contribution is -2.45.